The van der Waals surface area contributed by atoms with Gasteiger partial charge < -0.3 is 5.32 Å². The Labute approximate surface area is 113 Å². The second kappa shape index (κ2) is 5.14. The van der Waals surface area contributed by atoms with Crippen LogP contribution in [0.3, 0.4) is 0 Å². The molecule has 0 unspecified atom stereocenters. The molecule has 0 heterocycles. The summed E-state index contributed by atoms with van der Waals surface area (Å²) in [6.45, 7) is 2.69. The van der Waals surface area contributed by atoms with Crippen molar-refractivity contribution in [2.45, 2.75) is 32.4 Å². The van der Waals surface area contributed by atoms with Crippen molar-refractivity contribution >= 4 is 0 Å². The molecular formula is C17H18FN. The molecule has 0 radical (unpaired) electrons. The Morgan fingerprint density at radius 3 is 2.42 bits per heavy atom. The van der Waals surface area contributed by atoms with Gasteiger partial charge in [-0.25, -0.2) is 4.39 Å². The smallest absolute Gasteiger partial charge is 0.127 e. The molecule has 3 rings (SSSR count). The predicted octanol–water partition coefficient (Wildman–Crippen LogP) is 4.05. The van der Waals surface area contributed by atoms with Crippen molar-refractivity contribution in [3.8, 4) is 11.1 Å². The van der Waals surface area contributed by atoms with Crippen LogP contribution in [0.4, 0.5) is 4.39 Å². The van der Waals surface area contributed by atoms with Crippen LogP contribution in [0.2, 0.25) is 0 Å². The molecule has 0 amide bonds. The van der Waals surface area contributed by atoms with E-state index in [-0.39, 0.29) is 5.82 Å². The minimum absolute atomic E-state index is 0.121. The lowest BCUT2D eigenvalue weighted by molar-refractivity contribution is 0.587. The van der Waals surface area contributed by atoms with Crippen molar-refractivity contribution in [1.29, 1.82) is 0 Å². The van der Waals surface area contributed by atoms with Crippen molar-refractivity contribution < 1.29 is 4.39 Å². The van der Waals surface area contributed by atoms with Crippen LogP contribution in [0, 0.1) is 12.7 Å². The Morgan fingerprint density at radius 1 is 1.05 bits per heavy atom. The lowest BCUT2D eigenvalue weighted by Gasteiger charge is -2.08. The van der Waals surface area contributed by atoms with Gasteiger partial charge in [0.1, 0.15) is 5.82 Å². The molecule has 2 aromatic carbocycles. The fraction of sp³-hybridized carbons (Fsp3) is 0.294. The van der Waals surface area contributed by atoms with Gasteiger partial charge >= 0.3 is 0 Å². The van der Waals surface area contributed by atoms with Gasteiger partial charge in [-0.15, -0.1) is 0 Å². The summed E-state index contributed by atoms with van der Waals surface area (Å²) in [5.41, 5.74) is 4.21. The molecule has 98 valence electrons. The van der Waals surface area contributed by atoms with Crippen molar-refractivity contribution in [2.24, 2.45) is 0 Å². The number of nitrogens with one attached hydrogen (secondary N) is 1. The summed E-state index contributed by atoms with van der Waals surface area (Å²) in [6, 6.07) is 14.3. The Bertz CT molecular complexity index is 570. The Morgan fingerprint density at radius 2 is 1.74 bits per heavy atom. The third-order valence-electron chi connectivity index (χ3n) is 3.59. The fourth-order valence-corrected chi connectivity index (χ4v) is 2.18. The number of rotatable bonds is 4. The summed E-state index contributed by atoms with van der Waals surface area (Å²) in [6.07, 6.45) is 2.44. The molecule has 2 aromatic rings. The summed E-state index contributed by atoms with van der Waals surface area (Å²) in [5, 5.41) is 3.36. The van der Waals surface area contributed by atoms with Crippen LogP contribution in [0.1, 0.15) is 24.0 Å². The van der Waals surface area contributed by atoms with E-state index in [1.54, 1.807) is 6.07 Å². The van der Waals surface area contributed by atoms with Gasteiger partial charge in [0.25, 0.3) is 0 Å². The molecular weight excluding hydrogens is 237 g/mol. The van der Waals surface area contributed by atoms with E-state index in [1.165, 1.54) is 18.4 Å². The van der Waals surface area contributed by atoms with Crippen molar-refractivity contribution in [2.75, 3.05) is 0 Å². The van der Waals surface area contributed by atoms with Gasteiger partial charge in [0.05, 0.1) is 0 Å². The first-order valence-electron chi connectivity index (χ1n) is 6.81. The highest BCUT2D eigenvalue weighted by atomic mass is 19.1. The third kappa shape index (κ3) is 3.02. The molecule has 1 N–H and O–H groups in total. The molecule has 2 heteroatoms. The zero-order chi connectivity index (χ0) is 13.2. The Hall–Kier alpha value is -1.67. The van der Waals surface area contributed by atoms with E-state index >= 15 is 0 Å². The van der Waals surface area contributed by atoms with Crippen LogP contribution in [0.15, 0.2) is 42.5 Å². The first-order valence-corrected chi connectivity index (χ1v) is 6.81. The van der Waals surface area contributed by atoms with Gasteiger partial charge in [-0.1, -0.05) is 35.9 Å². The lowest BCUT2D eigenvalue weighted by Crippen LogP contribution is -2.16. The molecule has 0 aromatic heterocycles. The molecule has 1 aliphatic carbocycles. The average Bonchev–Trinajstić information content (AvgIpc) is 3.23. The maximum atomic E-state index is 13.8. The van der Waals surface area contributed by atoms with E-state index in [0.29, 0.717) is 12.6 Å². The number of halogens is 1. The monoisotopic (exact) mass is 255 g/mol. The van der Waals surface area contributed by atoms with E-state index in [0.717, 1.165) is 16.7 Å². The second-order valence-electron chi connectivity index (χ2n) is 5.33. The van der Waals surface area contributed by atoms with Crippen molar-refractivity contribution in [3.63, 3.8) is 0 Å². The molecule has 0 atom stereocenters. The van der Waals surface area contributed by atoms with Crippen LogP contribution >= 0.6 is 0 Å². The molecule has 0 aliphatic heterocycles. The maximum absolute atomic E-state index is 13.8. The molecule has 19 heavy (non-hydrogen) atoms. The van der Waals surface area contributed by atoms with E-state index in [1.807, 2.05) is 12.1 Å². The van der Waals surface area contributed by atoms with E-state index < -0.39 is 0 Å². The zero-order valence-corrected chi connectivity index (χ0v) is 11.1. The van der Waals surface area contributed by atoms with Crippen LogP contribution < -0.4 is 5.32 Å². The van der Waals surface area contributed by atoms with Crippen LogP contribution in [-0.4, -0.2) is 6.04 Å². The minimum Gasteiger partial charge on any atom is -0.310 e. The van der Waals surface area contributed by atoms with E-state index in [9.17, 15) is 4.39 Å². The molecule has 0 bridgehead atoms. The maximum Gasteiger partial charge on any atom is 0.127 e. The Balaban J connectivity index is 1.84. The first kappa shape index (κ1) is 12.4. The summed E-state index contributed by atoms with van der Waals surface area (Å²) in [7, 11) is 0. The zero-order valence-electron chi connectivity index (χ0n) is 11.1. The van der Waals surface area contributed by atoms with Crippen LogP contribution in [-0.2, 0) is 6.54 Å². The molecule has 1 nitrogen and oxygen atoms in total. The van der Waals surface area contributed by atoms with Crippen LogP contribution in [0.5, 0.6) is 0 Å². The number of hydrogen-bond donors (Lipinski definition) is 1. The Kier molecular flexibility index (Phi) is 3.34. The standard InChI is InChI=1S/C17H18FN/c1-12-2-4-13(5-3-12)14-6-9-17(18)15(10-14)11-19-16-7-8-16/h2-6,9-10,16,19H,7-8,11H2,1H3. The quantitative estimate of drug-likeness (QED) is 0.869. The summed E-state index contributed by atoms with van der Waals surface area (Å²) in [4.78, 5) is 0. The van der Waals surface area contributed by atoms with Gasteiger partial charge in [0, 0.05) is 18.2 Å². The first-order chi connectivity index (χ1) is 9.22. The third-order valence-corrected chi connectivity index (χ3v) is 3.59. The highest BCUT2D eigenvalue weighted by molar-refractivity contribution is 5.64. The molecule has 1 aliphatic rings. The van der Waals surface area contributed by atoms with Gasteiger partial charge in [-0.2, -0.15) is 0 Å². The topological polar surface area (TPSA) is 12.0 Å². The highest BCUT2D eigenvalue weighted by Crippen LogP contribution is 2.24. The molecule has 1 fully saturated rings. The van der Waals surface area contributed by atoms with Gasteiger partial charge in [0.15, 0.2) is 0 Å². The van der Waals surface area contributed by atoms with Crippen molar-refractivity contribution in [1.82, 2.24) is 5.32 Å². The molecule has 0 spiro atoms. The summed E-state index contributed by atoms with van der Waals surface area (Å²) < 4.78 is 13.8. The van der Waals surface area contributed by atoms with Gasteiger partial charge in [-0.05, 0) is 43.0 Å². The van der Waals surface area contributed by atoms with Crippen molar-refractivity contribution in [3.05, 3.63) is 59.4 Å². The van der Waals surface area contributed by atoms with Crippen LogP contribution in [0.25, 0.3) is 11.1 Å². The summed E-state index contributed by atoms with van der Waals surface area (Å²) >= 11 is 0. The normalized spacial score (nSPS) is 14.6. The summed E-state index contributed by atoms with van der Waals surface area (Å²) in [5.74, 6) is -0.121. The number of aryl methyl sites for hydroxylation is 1. The lowest BCUT2D eigenvalue weighted by atomic mass is 10.0. The second-order valence-corrected chi connectivity index (χ2v) is 5.33. The number of benzene rings is 2. The fourth-order valence-electron chi connectivity index (χ4n) is 2.18. The highest BCUT2D eigenvalue weighted by Gasteiger charge is 2.20. The molecule has 0 saturated heterocycles. The predicted molar refractivity (Wildman–Crippen MR) is 76.4 cm³/mol. The largest absolute Gasteiger partial charge is 0.310 e. The van der Waals surface area contributed by atoms with E-state index in [2.05, 4.69) is 36.5 Å². The minimum atomic E-state index is -0.121. The van der Waals surface area contributed by atoms with E-state index in [4.69, 9.17) is 0 Å². The SMILES string of the molecule is Cc1ccc(-c2ccc(F)c(CNC3CC3)c2)cc1. The van der Waals surface area contributed by atoms with Gasteiger partial charge in [-0.3, -0.25) is 0 Å². The molecule has 1 saturated carbocycles. The van der Waals surface area contributed by atoms with Gasteiger partial charge in [0.2, 0.25) is 0 Å². The number of hydrogen-bond acceptors (Lipinski definition) is 1. The average molecular weight is 255 g/mol.